The van der Waals surface area contributed by atoms with E-state index >= 15 is 0 Å². The lowest BCUT2D eigenvalue weighted by molar-refractivity contribution is 0.957. The zero-order valence-corrected chi connectivity index (χ0v) is 20.2. The van der Waals surface area contributed by atoms with Crippen LogP contribution in [-0.4, -0.2) is 14.6 Å². The van der Waals surface area contributed by atoms with Crippen molar-refractivity contribution in [3.05, 3.63) is 121 Å². The van der Waals surface area contributed by atoms with E-state index in [9.17, 15) is 0 Å². The van der Waals surface area contributed by atoms with E-state index in [0.29, 0.717) is 22.8 Å². The van der Waals surface area contributed by atoms with Crippen molar-refractivity contribution >= 4 is 28.5 Å². The van der Waals surface area contributed by atoms with Crippen LogP contribution in [0, 0.1) is 6.92 Å². The number of aromatic amines is 1. The number of rotatable bonds is 6. The van der Waals surface area contributed by atoms with Crippen LogP contribution in [0.1, 0.15) is 5.56 Å². The number of H-pyrrole nitrogens is 1. The van der Waals surface area contributed by atoms with Crippen LogP contribution < -0.4 is 0 Å². The molecule has 178 valence electrons. The Labute approximate surface area is 213 Å². The number of fused-ring (bicyclic) bond motifs is 1. The molecule has 0 aliphatic carbocycles. The van der Waals surface area contributed by atoms with Gasteiger partial charge < -0.3 is 0 Å². The molecule has 0 aliphatic heterocycles. The van der Waals surface area contributed by atoms with Gasteiger partial charge in [0.25, 0.3) is 0 Å². The van der Waals surface area contributed by atoms with Gasteiger partial charge in [-0.15, -0.1) is 15.3 Å². The molecule has 1 N–H and O–H groups in total. The summed E-state index contributed by atoms with van der Waals surface area (Å²) in [5, 5.41) is 21.8. The molecule has 0 spiro atoms. The number of azo groups is 2. The highest BCUT2D eigenvalue weighted by molar-refractivity contribution is 5.87. The maximum absolute atomic E-state index is 4.99. The van der Waals surface area contributed by atoms with Gasteiger partial charge in [0.2, 0.25) is 5.82 Å². The third-order valence-corrected chi connectivity index (χ3v) is 5.95. The first-order chi connectivity index (χ1) is 18.3. The molecule has 0 amide bonds. The number of benzene rings is 4. The maximum Gasteiger partial charge on any atom is 0.202 e. The summed E-state index contributed by atoms with van der Waals surface area (Å²) in [6.45, 7) is 2.05. The van der Waals surface area contributed by atoms with E-state index in [-0.39, 0.29) is 0 Å². The van der Waals surface area contributed by atoms with Gasteiger partial charge in [0.15, 0.2) is 11.3 Å². The molecule has 2 heterocycles. The molecule has 0 fully saturated rings. The van der Waals surface area contributed by atoms with E-state index < -0.39 is 0 Å². The van der Waals surface area contributed by atoms with Crippen molar-refractivity contribution in [1.82, 2.24) is 14.6 Å². The molecule has 6 aromatic rings. The van der Waals surface area contributed by atoms with Crippen LogP contribution in [-0.2, 0) is 0 Å². The minimum Gasteiger partial charge on any atom is -0.288 e. The summed E-state index contributed by atoms with van der Waals surface area (Å²) in [4.78, 5) is 4.99. The van der Waals surface area contributed by atoms with E-state index in [1.54, 1.807) is 0 Å². The van der Waals surface area contributed by atoms with Gasteiger partial charge in [-0.2, -0.15) is 5.11 Å². The Morgan fingerprint density at radius 1 is 0.595 bits per heavy atom. The van der Waals surface area contributed by atoms with Crippen LogP contribution in [0.15, 0.2) is 136 Å². The van der Waals surface area contributed by atoms with Gasteiger partial charge in [0.1, 0.15) is 5.69 Å². The summed E-state index contributed by atoms with van der Waals surface area (Å²) in [7, 11) is 0. The highest BCUT2D eigenvalue weighted by atomic mass is 15.4. The number of aromatic nitrogens is 3. The summed E-state index contributed by atoms with van der Waals surface area (Å²) in [6, 6.07) is 37.6. The van der Waals surface area contributed by atoms with Crippen LogP contribution in [0.25, 0.3) is 28.2 Å². The van der Waals surface area contributed by atoms with Crippen molar-refractivity contribution in [2.24, 2.45) is 20.5 Å². The molecule has 0 saturated carbocycles. The third-order valence-electron chi connectivity index (χ3n) is 5.95. The van der Waals surface area contributed by atoms with Gasteiger partial charge in [-0.3, -0.25) is 5.10 Å². The molecule has 37 heavy (non-hydrogen) atoms. The van der Waals surface area contributed by atoms with Crippen molar-refractivity contribution in [3.8, 4) is 22.5 Å². The van der Waals surface area contributed by atoms with Gasteiger partial charge in [-0.1, -0.05) is 96.6 Å². The molecule has 2 aromatic heterocycles. The molecule has 0 bridgehead atoms. The first-order valence-electron chi connectivity index (χ1n) is 12.0. The van der Waals surface area contributed by atoms with Crippen LogP contribution >= 0.6 is 0 Å². The minimum absolute atomic E-state index is 0.583. The number of imidazole rings is 1. The lowest BCUT2D eigenvalue weighted by Gasteiger charge is -2.01. The smallest absolute Gasteiger partial charge is 0.202 e. The third kappa shape index (κ3) is 4.58. The molecule has 0 atom stereocenters. The average molecular weight is 482 g/mol. The van der Waals surface area contributed by atoms with Crippen LogP contribution in [0.5, 0.6) is 0 Å². The fourth-order valence-electron chi connectivity index (χ4n) is 4.05. The molecule has 0 aliphatic rings. The standard InChI is InChI=1S/C30H23N7/c1-21-17-19-25(20-18-21)33-35-30-27(23-13-7-3-8-14-23)31-29-28(34-32-24-15-9-4-10-16-24)26(36-37(29)30)22-11-5-2-6-12-22/h2-20,36H,1H3. The number of aryl methyl sites for hydroxylation is 1. The van der Waals surface area contributed by atoms with Gasteiger partial charge in [0, 0.05) is 11.1 Å². The largest absolute Gasteiger partial charge is 0.288 e. The zero-order chi connectivity index (χ0) is 25.0. The Balaban J connectivity index is 1.57. The molecular weight excluding hydrogens is 458 g/mol. The second-order valence-electron chi connectivity index (χ2n) is 8.58. The van der Waals surface area contributed by atoms with Crippen LogP contribution in [0.3, 0.4) is 0 Å². The summed E-state index contributed by atoms with van der Waals surface area (Å²) < 4.78 is 1.84. The predicted molar refractivity (Wildman–Crippen MR) is 146 cm³/mol. The van der Waals surface area contributed by atoms with Crippen molar-refractivity contribution in [2.45, 2.75) is 6.92 Å². The molecule has 4 aromatic carbocycles. The second-order valence-corrected chi connectivity index (χ2v) is 8.58. The Morgan fingerprint density at radius 2 is 1.16 bits per heavy atom. The Kier molecular flexibility index (Phi) is 5.93. The fraction of sp³-hybridized carbons (Fsp3) is 0.0333. The number of nitrogens with one attached hydrogen (secondary N) is 1. The Hall–Kier alpha value is -5.17. The van der Waals surface area contributed by atoms with E-state index in [0.717, 1.165) is 28.2 Å². The van der Waals surface area contributed by atoms with Gasteiger partial charge in [-0.05, 0) is 31.2 Å². The quantitative estimate of drug-likeness (QED) is 0.236. The normalized spacial score (nSPS) is 11.7. The van der Waals surface area contributed by atoms with E-state index in [2.05, 4.69) is 25.6 Å². The van der Waals surface area contributed by atoms with Crippen LogP contribution in [0.4, 0.5) is 22.9 Å². The van der Waals surface area contributed by atoms with Crippen molar-refractivity contribution in [3.63, 3.8) is 0 Å². The van der Waals surface area contributed by atoms with Crippen molar-refractivity contribution in [1.29, 1.82) is 0 Å². The highest BCUT2D eigenvalue weighted by Gasteiger charge is 2.22. The van der Waals surface area contributed by atoms with E-state index in [1.165, 1.54) is 5.56 Å². The highest BCUT2D eigenvalue weighted by Crippen LogP contribution is 2.40. The van der Waals surface area contributed by atoms with E-state index in [4.69, 9.17) is 4.98 Å². The Bertz CT molecular complexity index is 1700. The van der Waals surface area contributed by atoms with Gasteiger partial charge in [0.05, 0.1) is 17.1 Å². The number of hydrogen-bond donors (Lipinski definition) is 1. The molecule has 6 rings (SSSR count). The van der Waals surface area contributed by atoms with Gasteiger partial charge >= 0.3 is 0 Å². The minimum atomic E-state index is 0.583. The molecule has 0 saturated heterocycles. The van der Waals surface area contributed by atoms with Gasteiger partial charge in [-0.25, -0.2) is 9.50 Å². The fourth-order valence-corrected chi connectivity index (χ4v) is 4.05. The molecule has 0 unspecified atom stereocenters. The molecule has 7 nitrogen and oxygen atoms in total. The van der Waals surface area contributed by atoms with Crippen LogP contribution in [0.2, 0.25) is 0 Å². The Morgan fingerprint density at radius 3 is 1.84 bits per heavy atom. The summed E-state index contributed by atoms with van der Waals surface area (Å²) in [6.07, 6.45) is 0. The van der Waals surface area contributed by atoms with Crippen molar-refractivity contribution < 1.29 is 0 Å². The monoisotopic (exact) mass is 481 g/mol. The predicted octanol–water partition coefficient (Wildman–Crippen LogP) is 9.14. The maximum atomic E-state index is 4.99. The molecule has 0 radical (unpaired) electrons. The summed E-state index contributed by atoms with van der Waals surface area (Å²) >= 11 is 0. The average Bonchev–Trinajstić information content (AvgIpc) is 3.49. The van der Waals surface area contributed by atoms with E-state index in [1.807, 2.05) is 127 Å². The summed E-state index contributed by atoms with van der Waals surface area (Å²) in [5.41, 5.74) is 7.35. The topological polar surface area (TPSA) is 82.5 Å². The number of hydrogen-bond acceptors (Lipinski definition) is 5. The number of nitrogens with zero attached hydrogens (tertiary/aromatic N) is 6. The second kappa shape index (κ2) is 9.83. The first-order valence-corrected chi connectivity index (χ1v) is 12.0. The lowest BCUT2D eigenvalue weighted by Crippen LogP contribution is -1.85. The van der Waals surface area contributed by atoms with Crippen molar-refractivity contribution in [2.75, 3.05) is 0 Å². The first kappa shape index (κ1) is 22.3. The lowest BCUT2D eigenvalue weighted by atomic mass is 10.1. The molecule has 7 heteroatoms. The summed E-state index contributed by atoms with van der Waals surface area (Å²) in [5.74, 6) is 0.583. The zero-order valence-electron chi connectivity index (χ0n) is 20.2. The SMILES string of the molecule is Cc1ccc(N=Nc2c(-c3ccccc3)nc3c(N=Nc4ccccc4)c(-c4ccccc4)[nH]n23)cc1. The molecular formula is C30H23N7.